The van der Waals surface area contributed by atoms with Gasteiger partial charge in [-0.15, -0.1) is 0 Å². The molecule has 194 valence electrons. The smallest absolute Gasteiger partial charge is 0.264 e. The molecule has 1 N–H and O–H groups in total. The van der Waals surface area contributed by atoms with Crippen LogP contribution < -0.4 is 19.3 Å². The summed E-state index contributed by atoms with van der Waals surface area (Å²) in [4.78, 5) is 33.2. The van der Waals surface area contributed by atoms with E-state index >= 15 is 0 Å². The molecule has 0 bridgehead atoms. The second kappa shape index (κ2) is 10.2. The highest BCUT2D eigenvalue weighted by Gasteiger charge is 2.30. The summed E-state index contributed by atoms with van der Waals surface area (Å²) in [7, 11) is 1.78. The molecule has 1 saturated heterocycles. The first kappa shape index (κ1) is 24.6. The van der Waals surface area contributed by atoms with Crippen molar-refractivity contribution in [2.24, 2.45) is 0 Å². The van der Waals surface area contributed by atoms with Gasteiger partial charge in [0.05, 0.1) is 36.8 Å². The molecule has 0 aliphatic carbocycles. The van der Waals surface area contributed by atoms with Crippen LogP contribution in [0.15, 0.2) is 70.5 Å². The van der Waals surface area contributed by atoms with Gasteiger partial charge >= 0.3 is 0 Å². The van der Waals surface area contributed by atoms with Gasteiger partial charge in [0, 0.05) is 23.1 Å². The Balaban J connectivity index is 1.11. The SMILES string of the molecule is Cc1cccc(C=C2Sc3ccc(C(=O)N4CC[NH+](Cc5ccc6c(c5)OCO6)CC4)cc3N(C)C2=O)c1. The van der Waals surface area contributed by atoms with Crippen LogP contribution in [0.1, 0.15) is 27.0 Å². The van der Waals surface area contributed by atoms with Crippen molar-refractivity contribution < 1.29 is 24.0 Å². The van der Waals surface area contributed by atoms with E-state index in [-0.39, 0.29) is 18.6 Å². The first-order chi connectivity index (χ1) is 18.4. The number of aryl methyl sites for hydroxylation is 1. The lowest BCUT2D eigenvalue weighted by molar-refractivity contribution is -0.917. The summed E-state index contributed by atoms with van der Waals surface area (Å²) >= 11 is 1.46. The maximum Gasteiger partial charge on any atom is 0.264 e. The molecule has 0 aromatic heterocycles. The molecule has 38 heavy (non-hydrogen) atoms. The highest BCUT2D eigenvalue weighted by Crippen LogP contribution is 2.42. The van der Waals surface area contributed by atoms with Crippen LogP contribution in [0.25, 0.3) is 6.08 Å². The van der Waals surface area contributed by atoms with Crippen molar-refractivity contribution in [2.45, 2.75) is 18.4 Å². The molecule has 3 aliphatic rings. The minimum absolute atomic E-state index is 0.0156. The maximum atomic E-state index is 13.4. The zero-order chi connectivity index (χ0) is 26.2. The Kier molecular flexibility index (Phi) is 6.59. The van der Waals surface area contributed by atoms with Gasteiger partial charge in [0.25, 0.3) is 11.8 Å². The monoisotopic (exact) mass is 528 g/mol. The summed E-state index contributed by atoms with van der Waals surface area (Å²) < 4.78 is 10.9. The van der Waals surface area contributed by atoms with E-state index in [2.05, 4.69) is 18.2 Å². The summed E-state index contributed by atoms with van der Waals surface area (Å²) in [5.74, 6) is 1.56. The van der Waals surface area contributed by atoms with Gasteiger partial charge < -0.3 is 24.2 Å². The van der Waals surface area contributed by atoms with E-state index in [1.807, 2.05) is 60.4 Å². The number of thioether (sulfide) groups is 1. The Morgan fingerprint density at radius 2 is 1.84 bits per heavy atom. The van der Waals surface area contributed by atoms with Crippen LogP contribution in [-0.4, -0.2) is 56.7 Å². The van der Waals surface area contributed by atoms with Gasteiger partial charge in [-0.1, -0.05) is 41.6 Å². The third-order valence-corrected chi connectivity index (χ3v) is 8.37. The van der Waals surface area contributed by atoms with E-state index in [0.29, 0.717) is 23.6 Å². The van der Waals surface area contributed by atoms with Gasteiger partial charge in [-0.25, -0.2) is 0 Å². The summed E-state index contributed by atoms with van der Waals surface area (Å²) in [6.07, 6.45) is 1.93. The summed E-state index contributed by atoms with van der Waals surface area (Å²) in [6, 6.07) is 19.9. The highest BCUT2D eigenvalue weighted by atomic mass is 32.2. The van der Waals surface area contributed by atoms with Gasteiger partial charge in [0.1, 0.15) is 6.54 Å². The van der Waals surface area contributed by atoms with Crippen molar-refractivity contribution in [3.8, 4) is 11.5 Å². The first-order valence-corrected chi connectivity index (χ1v) is 13.7. The van der Waals surface area contributed by atoms with E-state index < -0.39 is 0 Å². The molecule has 8 heteroatoms. The van der Waals surface area contributed by atoms with Gasteiger partial charge in [-0.05, 0) is 55.0 Å². The fourth-order valence-electron chi connectivity index (χ4n) is 5.16. The average molecular weight is 529 g/mol. The van der Waals surface area contributed by atoms with Crippen LogP contribution in [0.3, 0.4) is 0 Å². The molecule has 0 radical (unpaired) electrons. The summed E-state index contributed by atoms with van der Waals surface area (Å²) in [5, 5.41) is 0. The number of nitrogens with one attached hydrogen (secondary N) is 1. The summed E-state index contributed by atoms with van der Waals surface area (Å²) in [6.45, 7) is 6.37. The molecule has 3 aromatic carbocycles. The fourth-order valence-corrected chi connectivity index (χ4v) is 6.26. The molecular formula is C30H30N3O4S+. The number of hydrogen-bond donors (Lipinski definition) is 1. The van der Waals surface area contributed by atoms with Crippen molar-refractivity contribution in [1.82, 2.24) is 4.90 Å². The Morgan fingerprint density at radius 1 is 1.03 bits per heavy atom. The topological polar surface area (TPSA) is 63.5 Å². The molecule has 0 atom stereocenters. The Bertz CT molecular complexity index is 1450. The molecule has 2 amide bonds. The number of likely N-dealkylation sites (N-methyl/N-ethyl adjacent to an activating group) is 1. The molecule has 6 rings (SSSR count). The predicted octanol–water partition coefficient (Wildman–Crippen LogP) is 3.37. The van der Waals surface area contributed by atoms with Crippen LogP contribution in [0.4, 0.5) is 5.69 Å². The molecular weight excluding hydrogens is 498 g/mol. The highest BCUT2D eigenvalue weighted by molar-refractivity contribution is 8.04. The van der Waals surface area contributed by atoms with Crippen molar-refractivity contribution in [1.29, 1.82) is 0 Å². The number of amides is 2. The van der Waals surface area contributed by atoms with Crippen LogP contribution in [0.5, 0.6) is 11.5 Å². The number of ether oxygens (including phenoxy) is 2. The number of carbonyl (C=O) groups excluding carboxylic acids is 2. The van der Waals surface area contributed by atoms with Crippen molar-refractivity contribution in [2.75, 3.05) is 44.9 Å². The number of fused-ring (bicyclic) bond motifs is 2. The van der Waals surface area contributed by atoms with E-state index in [1.54, 1.807) is 11.9 Å². The van der Waals surface area contributed by atoms with Crippen molar-refractivity contribution in [3.05, 3.63) is 87.8 Å². The lowest BCUT2D eigenvalue weighted by Crippen LogP contribution is -3.13. The number of benzene rings is 3. The van der Waals surface area contributed by atoms with E-state index in [1.165, 1.54) is 22.2 Å². The zero-order valence-corrected chi connectivity index (χ0v) is 22.3. The number of anilines is 1. The zero-order valence-electron chi connectivity index (χ0n) is 21.5. The predicted molar refractivity (Wildman–Crippen MR) is 148 cm³/mol. The molecule has 3 aromatic rings. The Labute approximate surface area is 226 Å². The van der Waals surface area contributed by atoms with E-state index in [9.17, 15) is 9.59 Å². The van der Waals surface area contributed by atoms with E-state index in [0.717, 1.165) is 52.8 Å². The normalized spacial score (nSPS) is 18.2. The van der Waals surface area contributed by atoms with Gasteiger partial charge in [-0.3, -0.25) is 9.59 Å². The van der Waals surface area contributed by atoms with Crippen molar-refractivity contribution >= 4 is 35.3 Å². The largest absolute Gasteiger partial charge is 0.454 e. The quantitative estimate of drug-likeness (QED) is 0.526. The number of hydrogen-bond acceptors (Lipinski definition) is 5. The van der Waals surface area contributed by atoms with Gasteiger partial charge in [-0.2, -0.15) is 0 Å². The third-order valence-electron chi connectivity index (χ3n) is 7.29. The molecule has 3 heterocycles. The molecule has 3 aliphatic heterocycles. The Morgan fingerprint density at radius 3 is 2.66 bits per heavy atom. The lowest BCUT2D eigenvalue weighted by Gasteiger charge is -2.33. The van der Waals surface area contributed by atoms with Gasteiger partial charge in [0.15, 0.2) is 11.5 Å². The molecule has 1 fully saturated rings. The lowest BCUT2D eigenvalue weighted by atomic mass is 10.1. The minimum atomic E-state index is -0.0608. The number of rotatable bonds is 4. The van der Waals surface area contributed by atoms with Gasteiger partial charge in [0.2, 0.25) is 6.79 Å². The number of piperazine rings is 1. The third kappa shape index (κ3) is 4.89. The number of quaternary nitrogens is 1. The standard InChI is InChI=1S/C30H29N3O4S/c1-20-4-3-5-21(14-20)16-28-30(35)31(2)24-17-23(7-9-27(24)38-28)29(34)33-12-10-32(11-13-33)18-22-6-8-25-26(15-22)37-19-36-25/h3-9,14-17H,10-13,18-19H2,1-2H3/p+1. The number of nitrogens with zero attached hydrogens (tertiary/aromatic N) is 2. The molecule has 0 spiro atoms. The van der Waals surface area contributed by atoms with Crippen LogP contribution in [-0.2, 0) is 11.3 Å². The fraction of sp³-hybridized carbons (Fsp3) is 0.267. The van der Waals surface area contributed by atoms with Crippen LogP contribution in [0, 0.1) is 6.92 Å². The van der Waals surface area contributed by atoms with Crippen LogP contribution in [0.2, 0.25) is 0 Å². The molecule has 7 nitrogen and oxygen atoms in total. The molecule has 0 saturated carbocycles. The van der Waals surface area contributed by atoms with E-state index in [4.69, 9.17) is 9.47 Å². The number of carbonyl (C=O) groups is 2. The summed E-state index contributed by atoms with van der Waals surface area (Å²) in [5.41, 5.74) is 4.76. The second-order valence-electron chi connectivity index (χ2n) is 9.98. The minimum Gasteiger partial charge on any atom is -0.454 e. The average Bonchev–Trinajstić information content (AvgIpc) is 3.40. The van der Waals surface area contributed by atoms with Crippen LogP contribution >= 0.6 is 11.8 Å². The molecule has 0 unspecified atom stereocenters. The van der Waals surface area contributed by atoms with Crippen molar-refractivity contribution in [3.63, 3.8) is 0 Å². The first-order valence-electron chi connectivity index (χ1n) is 12.8. The maximum absolute atomic E-state index is 13.4. The second-order valence-corrected chi connectivity index (χ2v) is 11.1. The Hall–Kier alpha value is -3.75.